The highest BCUT2D eigenvalue weighted by atomic mass is 35.5. The lowest BCUT2D eigenvalue weighted by Crippen LogP contribution is -2.50. The number of methoxy groups -OCH3 is 1. The first-order valence-electron chi connectivity index (χ1n) is 12.2. The summed E-state index contributed by atoms with van der Waals surface area (Å²) in [5.74, 6) is 0.858. The fourth-order valence-corrected chi connectivity index (χ4v) is 5.41. The fraction of sp³-hybridized carbons (Fsp3) is 0.423. The van der Waals surface area contributed by atoms with Gasteiger partial charge in [-0.2, -0.15) is 5.10 Å². The summed E-state index contributed by atoms with van der Waals surface area (Å²) in [7, 11) is 1.57. The Labute approximate surface area is 212 Å². The number of amides is 1. The molecule has 2 fully saturated rings. The lowest BCUT2D eigenvalue weighted by molar-refractivity contribution is 0.0606. The van der Waals surface area contributed by atoms with Crippen molar-refractivity contribution in [3.63, 3.8) is 0 Å². The minimum absolute atomic E-state index is 0.0348. The van der Waals surface area contributed by atoms with E-state index in [1.165, 1.54) is 17.7 Å². The van der Waals surface area contributed by atoms with Gasteiger partial charge in [-0.25, -0.2) is 13.9 Å². The number of nitrogens with two attached hydrogens (primary N) is 1. The molecular weight excluding hydrogens is 483 g/mol. The Balaban J connectivity index is 1.47. The predicted octanol–water partition coefficient (Wildman–Crippen LogP) is 4.24. The molecule has 1 saturated carbocycles. The van der Waals surface area contributed by atoms with Crippen LogP contribution in [0, 0.1) is 12.8 Å². The second kappa shape index (κ2) is 8.74. The summed E-state index contributed by atoms with van der Waals surface area (Å²) >= 11 is 6.23. The van der Waals surface area contributed by atoms with E-state index in [2.05, 4.69) is 15.6 Å². The van der Waals surface area contributed by atoms with Gasteiger partial charge in [0.2, 0.25) is 0 Å². The van der Waals surface area contributed by atoms with Crippen molar-refractivity contribution in [3.05, 3.63) is 46.7 Å². The van der Waals surface area contributed by atoms with E-state index >= 15 is 0 Å². The van der Waals surface area contributed by atoms with Crippen LogP contribution in [0.1, 0.15) is 35.2 Å². The highest BCUT2D eigenvalue weighted by molar-refractivity contribution is 6.29. The molecule has 8 nitrogen and oxygen atoms in total. The smallest absolute Gasteiger partial charge is 0.255 e. The summed E-state index contributed by atoms with van der Waals surface area (Å²) in [5.41, 5.74) is 10.6. The number of alkyl halides is 1. The highest BCUT2D eigenvalue weighted by Gasteiger charge is 2.30. The number of aromatic nitrogens is 4. The van der Waals surface area contributed by atoms with E-state index in [4.69, 9.17) is 27.2 Å². The van der Waals surface area contributed by atoms with Gasteiger partial charge in [-0.3, -0.25) is 4.79 Å². The predicted molar refractivity (Wildman–Crippen MR) is 136 cm³/mol. The van der Waals surface area contributed by atoms with Crippen LogP contribution in [0.5, 0.6) is 5.75 Å². The molecule has 0 aromatic carbocycles. The van der Waals surface area contributed by atoms with Crippen molar-refractivity contribution in [2.24, 2.45) is 11.7 Å². The van der Waals surface area contributed by atoms with E-state index in [1.807, 2.05) is 13.0 Å². The van der Waals surface area contributed by atoms with Gasteiger partial charge in [0.05, 0.1) is 24.9 Å². The maximum absolute atomic E-state index is 14.1. The van der Waals surface area contributed by atoms with Crippen LogP contribution in [-0.4, -0.2) is 62.4 Å². The lowest BCUT2D eigenvalue weighted by Gasteiger charge is -2.33. The lowest BCUT2D eigenvalue weighted by atomic mass is 10.0. The molecule has 4 aromatic heterocycles. The average molecular weight is 511 g/mol. The van der Waals surface area contributed by atoms with Gasteiger partial charge in [0.1, 0.15) is 33.9 Å². The van der Waals surface area contributed by atoms with E-state index in [1.54, 1.807) is 30.0 Å². The third kappa shape index (κ3) is 4.00. The largest absolute Gasteiger partial charge is 0.494 e. The monoisotopic (exact) mass is 510 g/mol. The first-order valence-corrected chi connectivity index (χ1v) is 12.6. The molecule has 0 radical (unpaired) electrons. The zero-order valence-electron chi connectivity index (χ0n) is 20.2. The van der Waals surface area contributed by atoms with Crippen LogP contribution in [0.4, 0.5) is 4.39 Å². The van der Waals surface area contributed by atoms with Crippen LogP contribution in [0.15, 0.2) is 30.5 Å². The van der Waals surface area contributed by atoms with Gasteiger partial charge in [-0.05, 0) is 56.4 Å². The van der Waals surface area contributed by atoms with Crippen molar-refractivity contribution >= 4 is 34.1 Å². The molecule has 2 aliphatic rings. The van der Waals surface area contributed by atoms with Crippen LogP contribution >= 0.6 is 11.6 Å². The zero-order chi connectivity index (χ0) is 25.1. The third-order valence-electron chi connectivity index (χ3n) is 7.20. The molecule has 4 aromatic rings. The molecule has 1 saturated heterocycles. The summed E-state index contributed by atoms with van der Waals surface area (Å²) < 4.78 is 23.7. The van der Waals surface area contributed by atoms with E-state index in [9.17, 15) is 9.18 Å². The minimum Gasteiger partial charge on any atom is -0.494 e. The van der Waals surface area contributed by atoms with Gasteiger partial charge in [0.15, 0.2) is 0 Å². The quantitative estimate of drug-likeness (QED) is 0.405. The Morgan fingerprint density at radius 1 is 1.28 bits per heavy atom. The number of aryl methyl sites for hydroxylation is 1. The Morgan fingerprint density at radius 3 is 2.81 bits per heavy atom. The number of pyridine rings is 2. The topological polar surface area (TPSA) is 90.7 Å². The molecule has 6 rings (SSSR count). The van der Waals surface area contributed by atoms with Gasteiger partial charge in [-0.1, -0.05) is 11.6 Å². The Bertz CT molecular complexity index is 1480. The molecule has 188 valence electrons. The van der Waals surface area contributed by atoms with Gasteiger partial charge >= 0.3 is 0 Å². The Morgan fingerprint density at radius 2 is 2.08 bits per heavy atom. The molecule has 1 amide bonds. The Hall–Kier alpha value is -3.17. The van der Waals surface area contributed by atoms with Crippen LogP contribution in [0.25, 0.3) is 27.9 Å². The van der Waals surface area contributed by atoms with Gasteiger partial charge in [0, 0.05) is 36.3 Å². The first kappa shape index (κ1) is 23.2. The van der Waals surface area contributed by atoms with Gasteiger partial charge in [-0.15, -0.1) is 0 Å². The maximum Gasteiger partial charge on any atom is 0.255 e. The van der Waals surface area contributed by atoms with Crippen LogP contribution in [-0.2, 0) is 6.54 Å². The SMILES string of the molecule is COc1cc(C(=O)N2C[C@H](N)C[C@@H](F)C2)cn2nc(-c3cc4ccc(Cl)nc4n3CC3CC3)c(C)c12. The van der Waals surface area contributed by atoms with E-state index in [0.717, 1.165) is 40.0 Å². The summed E-state index contributed by atoms with van der Waals surface area (Å²) in [6.45, 7) is 3.20. The van der Waals surface area contributed by atoms with E-state index in [0.29, 0.717) is 28.9 Å². The summed E-state index contributed by atoms with van der Waals surface area (Å²) in [4.78, 5) is 19.3. The molecule has 1 aliphatic carbocycles. The number of hydrogen-bond donors (Lipinski definition) is 1. The number of likely N-dealkylation sites (tertiary alicyclic amines) is 1. The molecule has 36 heavy (non-hydrogen) atoms. The number of fused-ring (bicyclic) bond motifs is 2. The van der Waals surface area contributed by atoms with Crippen LogP contribution in [0.2, 0.25) is 5.15 Å². The number of halogens is 2. The summed E-state index contributed by atoms with van der Waals surface area (Å²) in [6, 6.07) is 7.18. The van der Waals surface area contributed by atoms with Crippen molar-refractivity contribution in [1.82, 2.24) is 24.1 Å². The molecule has 2 N–H and O–H groups in total. The summed E-state index contributed by atoms with van der Waals surface area (Å²) in [5, 5.41) is 6.35. The maximum atomic E-state index is 14.1. The minimum atomic E-state index is -1.13. The van der Waals surface area contributed by atoms with Crippen molar-refractivity contribution in [2.75, 3.05) is 20.2 Å². The van der Waals surface area contributed by atoms with Crippen molar-refractivity contribution in [1.29, 1.82) is 0 Å². The number of rotatable bonds is 5. The number of ether oxygens (including phenoxy) is 1. The number of carbonyl (C=O) groups is 1. The van der Waals surface area contributed by atoms with Gasteiger partial charge < -0.3 is 19.9 Å². The number of piperidine rings is 1. The molecule has 1 aliphatic heterocycles. The number of carbonyl (C=O) groups excluding carboxylic acids is 1. The third-order valence-corrected chi connectivity index (χ3v) is 7.42. The average Bonchev–Trinajstić information content (AvgIpc) is 3.52. The normalized spacial score (nSPS) is 20.4. The Kier molecular flexibility index (Phi) is 5.64. The summed E-state index contributed by atoms with van der Waals surface area (Å²) in [6.07, 6.45) is 3.22. The number of hydrogen-bond acceptors (Lipinski definition) is 5. The molecular formula is C26H28ClFN6O2. The zero-order valence-corrected chi connectivity index (χ0v) is 21.0. The number of nitrogens with zero attached hydrogens (tertiary/aromatic N) is 5. The second-order valence-corrected chi connectivity index (χ2v) is 10.4. The first-order chi connectivity index (χ1) is 17.3. The fourth-order valence-electron chi connectivity index (χ4n) is 5.27. The van der Waals surface area contributed by atoms with Gasteiger partial charge in [0.25, 0.3) is 5.91 Å². The standard InChI is InChI=1S/C26H28ClFN6O2/c1-14-23(20-7-16-5-6-22(27)30-25(16)33(20)10-15-3-4-15)31-34-11-17(8-21(36-2)24(14)34)26(35)32-12-18(28)9-19(29)13-32/h5-8,11,15,18-19H,3-4,9-10,12-13,29H2,1-2H3/t18-,19-/m1/s1. The van der Waals surface area contributed by atoms with Crippen molar-refractivity contribution in [3.8, 4) is 17.1 Å². The highest BCUT2D eigenvalue weighted by Crippen LogP contribution is 2.38. The second-order valence-electron chi connectivity index (χ2n) is 10.00. The molecule has 0 spiro atoms. The van der Waals surface area contributed by atoms with Crippen LogP contribution < -0.4 is 10.5 Å². The molecule has 0 bridgehead atoms. The molecule has 5 heterocycles. The molecule has 0 unspecified atom stereocenters. The molecule has 2 atom stereocenters. The van der Waals surface area contributed by atoms with Crippen molar-refractivity contribution in [2.45, 2.75) is 44.9 Å². The van der Waals surface area contributed by atoms with Crippen LogP contribution in [0.3, 0.4) is 0 Å². The van der Waals surface area contributed by atoms with E-state index in [-0.39, 0.29) is 24.9 Å². The van der Waals surface area contributed by atoms with E-state index < -0.39 is 6.17 Å². The van der Waals surface area contributed by atoms with Crippen molar-refractivity contribution < 1.29 is 13.9 Å². The molecule has 10 heteroatoms.